The second-order valence-electron chi connectivity index (χ2n) is 4.79. The van der Waals surface area contributed by atoms with Gasteiger partial charge < -0.3 is 10.1 Å². The summed E-state index contributed by atoms with van der Waals surface area (Å²) in [6.07, 6.45) is 0. The highest BCUT2D eigenvalue weighted by atomic mass is 16.5. The molecule has 1 rings (SSSR count). The van der Waals surface area contributed by atoms with E-state index < -0.39 is 0 Å². The Hall–Kier alpha value is -0.120. The summed E-state index contributed by atoms with van der Waals surface area (Å²) in [5.41, 5.74) is 0. The van der Waals surface area contributed by atoms with Crippen molar-refractivity contribution in [1.29, 1.82) is 0 Å². The number of rotatable bonds is 6. The largest absolute Gasteiger partial charge is 0.383 e. The number of hydrogen-bond acceptors (Lipinski definition) is 3. The molecule has 0 bridgehead atoms. The van der Waals surface area contributed by atoms with Gasteiger partial charge in [-0.15, -0.1) is 0 Å². The van der Waals surface area contributed by atoms with Crippen LogP contribution in [0.15, 0.2) is 0 Å². The minimum absolute atomic E-state index is 0.535. The molecule has 0 aromatic carbocycles. The van der Waals surface area contributed by atoms with E-state index in [4.69, 9.17) is 4.74 Å². The Morgan fingerprint density at radius 3 is 2.67 bits per heavy atom. The highest BCUT2D eigenvalue weighted by molar-refractivity contribution is 4.81. The van der Waals surface area contributed by atoms with Gasteiger partial charge in [0, 0.05) is 19.7 Å². The fraction of sp³-hybridized carbons (Fsp3) is 1.00. The van der Waals surface area contributed by atoms with E-state index in [1.165, 1.54) is 19.6 Å². The van der Waals surface area contributed by atoms with E-state index >= 15 is 0 Å². The topological polar surface area (TPSA) is 24.5 Å². The first-order valence-corrected chi connectivity index (χ1v) is 6.12. The first kappa shape index (κ1) is 12.9. The lowest BCUT2D eigenvalue weighted by atomic mass is 9.97. The lowest BCUT2D eigenvalue weighted by Crippen LogP contribution is -2.40. The molecule has 0 aromatic heterocycles. The Balaban J connectivity index is 2.38. The minimum Gasteiger partial charge on any atom is -0.383 e. The molecule has 0 aromatic rings. The van der Waals surface area contributed by atoms with Crippen LogP contribution in [0.3, 0.4) is 0 Å². The molecule has 1 fully saturated rings. The third kappa shape index (κ3) is 3.74. The van der Waals surface area contributed by atoms with Gasteiger partial charge in [-0.1, -0.05) is 13.8 Å². The van der Waals surface area contributed by atoms with E-state index in [2.05, 4.69) is 31.0 Å². The Bertz CT molecular complexity index is 175. The molecule has 0 radical (unpaired) electrons. The lowest BCUT2D eigenvalue weighted by Gasteiger charge is -2.30. The molecular weight excluding hydrogens is 188 g/mol. The molecule has 1 unspecified atom stereocenters. The van der Waals surface area contributed by atoms with Crippen LogP contribution in [0.2, 0.25) is 0 Å². The number of nitrogens with zero attached hydrogens (tertiary/aromatic N) is 1. The van der Waals surface area contributed by atoms with Crippen molar-refractivity contribution in [3.8, 4) is 0 Å². The first-order chi connectivity index (χ1) is 7.19. The van der Waals surface area contributed by atoms with Crippen LogP contribution in [-0.2, 0) is 4.74 Å². The number of methoxy groups -OCH3 is 1. The predicted octanol–water partition coefficient (Wildman–Crippen LogP) is 1.20. The second-order valence-corrected chi connectivity index (χ2v) is 4.79. The molecule has 3 nitrogen and oxygen atoms in total. The van der Waals surface area contributed by atoms with Crippen molar-refractivity contribution in [3.63, 3.8) is 0 Å². The highest BCUT2D eigenvalue weighted by Crippen LogP contribution is 2.18. The quantitative estimate of drug-likeness (QED) is 0.719. The number of ether oxygens (including phenoxy) is 1. The molecule has 0 spiro atoms. The van der Waals surface area contributed by atoms with Crippen LogP contribution in [0.5, 0.6) is 0 Å². The van der Waals surface area contributed by atoms with E-state index in [0.717, 1.165) is 25.0 Å². The van der Waals surface area contributed by atoms with Crippen molar-refractivity contribution in [1.82, 2.24) is 10.2 Å². The maximum absolute atomic E-state index is 5.22. The standard InChI is InChI=1S/C12H26N2O/c1-5-14(11(3)9-15-4)8-12-7-13-6-10(12)2/h10-13H,5-9H2,1-4H3/t10-,11?,12+/m1/s1. The maximum Gasteiger partial charge on any atom is 0.0615 e. The molecule has 1 heterocycles. The van der Waals surface area contributed by atoms with Crippen molar-refractivity contribution in [2.45, 2.75) is 26.8 Å². The molecule has 0 amide bonds. The van der Waals surface area contributed by atoms with Gasteiger partial charge in [0.15, 0.2) is 0 Å². The van der Waals surface area contributed by atoms with E-state index in [0.29, 0.717) is 6.04 Å². The van der Waals surface area contributed by atoms with Crippen LogP contribution in [0.25, 0.3) is 0 Å². The van der Waals surface area contributed by atoms with Crippen LogP contribution in [0, 0.1) is 11.8 Å². The van der Waals surface area contributed by atoms with Crippen LogP contribution >= 0.6 is 0 Å². The van der Waals surface area contributed by atoms with E-state index in [1.807, 2.05) is 0 Å². The van der Waals surface area contributed by atoms with E-state index in [-0.39, 0.29) is 0 Å². The molecule has 0 saturated carbocycles. The molecule has 0 aliphatic carbocycles. The summed E-state index contributed by atoms with van der Waals surface area (Å²) >= 11 is 0. The third-order valence-electron chi connectivity index (χ3n) is 3.58. The SMILES string of the molecule is CCN(C[C@@H]1CNC[C@H]1C)C(C)COC. The summed E-state index contributed by atoms with van der Waals surface area (Å²) < 4.78 is 5.22. The van der Waals surface area contributed by atoms with Crippen molar-refractivity contribution >= 4 is 0 Å². The fourth-order valence-electron chi connectivity index (χ4n) is 2.38. The summed E-state index contributed by atoms with van der Waals surface area (Å²) in [6.45, 7) is 12.3. The van der Waals surface area contributed by atoms with Gasteiger partial charge in [-0.25, -0.2) is 0 Å². The van der Waals surface area contributed by atoms with E-state index in [1.54, 1.807) is 7.11 Å². The average molecular weight is 214 g/mol. The normalized spacial score (nSPS) is 28.6. The van der Waals surface area contributed by atoms with Gasteiger partial charge >= 0.3 is 0 Å². The zero-order chi connectivity index (χ0) is 11.3. The monoisotopic (exact) mass is 214 g/mol. The highest BCUT2D eigenvalue weighted by Gasteiger charge is 2.26. The number of likely N-dealkylation sites (N-methyl/N-ethyl adjacent to an activating group) is 1. The van der Waals surface area contributed by atoms with Gasteiger partial charge in [0.2, 0.25) is 0 Å². The van der Waals surface area contributed by atoms with Gasteiger partial charge in [-0.2, -0.15) is 0 Å². The number of hydrogen-bond donors (Lipinski definition) is 1. The Morgan fingerprint density at radius 2 is 2.20 bits per heavy atom. The summed E-state index contributed by atoms with van der Waals surface area (Å²) in [7, 11) is 1.78. The maximum atomic E-state index is 5.22. The van der Waals surface area contributed by atoms with Crippen LogP contribution in [0.4, 0.5) is 0 Å². The zero-order valence-electron chi connectivity index (χ0n) is 10.6. The van der Waals surface area contributed by atoms with Crippen LogP contribution in [-0.4, -0.2) is 50.8 Å². The molecule has 1 aliphatic heterocycles. The van der Waals surface area contributed by atoms with Gasteiger partial charge in [0.05, 0.1) is 6.61 Å². The lowest BCUT2D eigenvalue weighted by molar-refractivity contribution is 0.0893. The Kier molecular flexibility index (Phi) is 5.58. The Morgan fingerprint density at radius 1 is 1.47 bits per heavy atom. The molecule has 1 N–H and O–H groups in total. The van der Waals surface area contributed by atoms with Crippen molar-refractivity contribution < 1.29 is 4.74 Å². The molecule has 3 heteroatoms. The second kappa shape index (κ2) is 6.46. The summed E-state index contributed by atoms with van der Waals surface area (Å²) in [5.74, 6) is 1.62. The number of nitrogens with one attached hydrogen (secondary N) is 1. The average Bonchev–Trinajstić information content (AvgIpc) is 2.61. The fourth-order valence-corrected chi connectivity index (χ4v) is 2.38. The van der Waals surface area contributed by atoms with Crippen LogP contribution < -0.4 is 5.32 Å². The van der Waals surface area contributed by atoms with Crippen molar-refractivity contribution in [3.05, 3.63) is 0 Å². The van der Waals surface area contributed by atoms with Gasteiger partial charge in [0.25, 0.3) is 0 Å². The third-order valence-corrected chi connectivity index (χ3v) is 3.58. The minimum atomic E-state index is 0.535. The smallest absolute Gasteiger partial charge is 0.0615 e. The Labute approximate surface area is 94.2 Å². The molecule has 1 saturated heterocycles. The van der Waals surface area contributed by atoms with E-state index in [9.17, 15) is 0 Å². The first-order valence-electron chi connectivity index (χ1n) is 6.12. The molecule has 15 heavy (non-hydrogen) atoms. The summed E-state index contributed by atoms with van der Waals surface area (Å²) in [4.78, 5) is 2.53. The molecule has 3 atom stereocenters. The summed E-state index contributed by atoms with van der Waals surface area (Å²) in [5, 5.41) is 3.46. The van der Waals surface area contributed by atoms with Gasteiger partial charge in [-0.05, 0) is 38.4 Å². The molecule has 90 valence electrons. The predicted molar refractivity (Wildman–Crippen MR) is 64.1 cm³/mol. The zero-order valence-corrected chi connectivity index (χ0v) is 10.6. The molecular formula is C12H26N2O. The van der Waals surface area contributed by atoms with Crippen molar-refractivity contribution in [2.75, 3.05) is 39.9 Å². The summed E-state index contributed by atoms with van der Waals surface area (Å²) in [6, 6.07) is 0.535. The van der Waals surface area contributed by atoms with Crippen molar-refractivity contribution in [2.24, 2.45) is 11.8 Å². The van der Waals surface area contributed by atoms with Gasteiger partial charge in [-0.3, -0.25) is 4.90 Å². The van der Waals surface area contributed by atoms with Crippen LogP contribution in [0.1, 0.15) is 20.8 Å². The van der Waals surface area contributed by atoms with Gasteiger partial charge in [0.1, 0.15) is 0 Å². The molecule has 1 aliphatic rings.